The molecule has 0 amide bonds. The van der Waals surface area contributed by atoms with Crippen LogP contribution in [0.4, 0.5) is 0 Å². The van der Waals surface area contributed by atoms with Gasteiger partial charge in [-0.15, -0.1) is 0 Å². The lowest BCUT2D eigenvalue weighted by Gasteiger charge is -2.62. The quantitative estimate of drug-likeness (QED) is 0.303. The molecule has 43 heavy (non-hydrogen) atoms. The van der Waals surface area contributed by atoms with Crippen molar-refractivity contribution in [2.45, 2.75) is 107 Å². The van der Waals surface area contributed by atoms with Crippen molar-refractivity contribution in [2.24, 2.45) is 16.2 Å². The van der Waals surface area contributed by atoms with Crippen LogP contribution < -0.4 is 0 Å². The van der Waals surface area contributed by atoms with Crippen molar-refractivity contribution in [1.29, 1.82) is 0 Å². The van der Waals surface area contributed by atoms with Crippen LogP contribution in [0, 0.1) is 30.1 Å². The van der Waals surface area contributed by atoms with Crippen LogP contribution in [0.2, 0.25) is 0 Å². The summed E-state index contributed by atoms with van der Waals surface area (Å²) in [5, 5.41) is 0. The van der Waals surface area contributed by atoms with Gasteiger partial charge < -0.3 is 0 Å². The minimum Gasteiger partial charge on any atom is -0.0992 e. The van der Waals surface area contributed by atoms with Gasteiger partial charge in [-0.3, -0.25) is 0 Å². The molecule has 3 aliphatic carbocycles. The summed E-state index contributed by atoms with van der Waals surface area (Å²) in [5.41, 5.74) is 20.4. The Bertz CT molecular complexity index is 1640. The Hall–Kier alpha value is -3.12. The Balaban J connectivity index is 1.64. The predicted octanol–water partition coefficient (Wildman–Crippen LogP) is 11.9. The molecule has 0 aromatic heterocycles. The zero-order chi connectivity index (χ0) is 31.8. The third-order valence-electron chi connectivity index (χ3n) is 11.8. The van der Waals surface area contributed by atoms with Crippen molar-refractivity contribution in [2.75, 3.05) is 0 Å². The molecule has 3 atom stereocenters. The summed E-state index contributed by atoms with van der Waals surface area (Å²) in [4.78, 5) is 0. The predicted molar refractivity (Wildman–Crippen MR) is 189 cm³/mol. The summed E-state index contributed by atoms with van der Waals surface area (Å²) in [6.07, 6.45) is 5.10. The van der Waals surface area contributed by atoms with Gasteiger partial charge in [0.05, 0.1) is 0 Å². The first-order chi connectivity index (χ1) is 19.9. The van der Waals surface area contributed by atoms with Gasteiger partial charge in [0.25, 0.3) is 0 Å². The highest BCUT2D eigenvalue weighted by atomic mass is 14.6. The molecule has 0 nitrogen and oxygen atoms in total. The summed E-state index contributed by atoms with van der Waals surface area (Å²) in [6.45, 7) is 42.2. The second kappa shape index (κ2) is 10.5. The number of rotatable bonds is 6. The van der Waals surface area contributed by atoms with Crippen LogP contribution in [-0.4, -0.2) is 0 Å². The number of allylic oxidation sites excluding steroid dienone is 8. The maximum absolute atomic E-state index is 4.94. The van der Waals surface area contributed by atoms with Crippen molar-refractivity contribution in [3.63, 3.8) is 0 Å². The van der Waals surface area contributed by atoms with Crippen LogP contribution >= 0.6 is 0 Å². The third-order valence-corrected chi connectivity index (χ3v) is 11.8. The molecular weight excluding hydrogens is 516 g/mol. The molecule has 3 aliphatic rings. The molecule has 0 unspecified atom stereocenters. The molecule has 5 rings (SSSR count). The van der Waals surface area contributed by atoms with Crippen LogP contribution in [-0.2, 0) is 19.3 Å². The molecular formula is C43H54. The van der Waals surface area contributed by atoms with Gasteiger partial charge in [-0.1, -0.05) is 119 Å². The number of aryl methyl sites for hydroxylation is 1. The second-order valence-corrected chi connectivity index (χ2v) is 15.5. The van der Waals surface area contributed by atoms with Gasteiger partial charge in [0, 0.05) is 5.41 Å². The van der Waals surface area contributed by atoms with Crippen molar-refractivity contribution in [1.82, 2.24) is 0 Å². The maximum Gasteiger partial charge on any atom is 0.0194 e. The van der Waals surface area contributed by atoms with Gasteiger partial charge in [0.2, 0.25) is 0 Å². The van der Waals surface area contributed by atoms with Crippen LogP contribution in [0.5, 0.6) is 0 Å². The minimum atomic E-state index is -0.134. The molecule has 0 spiro atoms. The van der Waals surface area contributed by atoms with Crippen LogP contribution in [0.3, 0.4) is 0 Å². The summed E-state index contributed by atoms with van der Waals surface area (Å²) in [5.74, 6) is 0.448. The first-order valence-corrected chi connectivity index (χ1v) is 16.3. The summed E-state index contributed by atoms with van der Waals surface area (Å²) in [6, 6.07) is 11.4. The highest BCUT2D eigenvalue weighted by molar-refractivity contribution is 5.87. The van der Waals surface area contributed by atoms with Crippen molar-refractivity contribution < 1.29 is 0 Å². The van der Waals surface area contributed by atoms with E-state index in [4.69, 9.17) is 13.2 Å². The monoisotopic (exact) mass is 570 g/mol. The molecule has 2 aromatic carbocycles. The van der Waals surface area contributed by atoms with E-state index in [2.05, 4.69) is 113 Å². The van der Waals surface area contributed by atoms with E-state index in [0.717, 1.165) is 37.7 Å². The SMILES string of the molecule is C=C(Cc1ccc(C)cc1)Cc1cc(C(C)C)c2c(c1C)C(=C)C1=C(C)[C@@]3(C)C(=C)C(C(=C)C)=C(C)C[C@@]3(C)C[C@@]1(C)C2. The Labute approximate surface area is 263 Å². The lowest BCUT2D eigenvalue weighted by Crippen LogP contribution is -2.52. The molecule has 226 valence electrons. The Morgan fingerprint density at radius 3 is 2.12 bits per heavy atom. The summed E-state index contributed by atoms with van der Waals surface area (Å²) in [7, 11) is 0. The molecule has 0 saturated carbocycles. The largest absolute Gasteiger partial charge is 0.0992 e. The molecule has 0 N–H and O–H groups in total. The topological polar surface area (TPSA) is 0 Å². The highest BCUT2D eigenvalue weighted by Gasteiger charge is 2.59. The minimum absolute atomic E-state index is 0.0380. The van der Waals surface area contributed by atoms with Gasteiger partial charge >= 0.3 is 0 Å². The summed E-state index contributed by atoms with van der Waals surface area (Å²) < 4.78 is 0. The molecule has 0 radical (unpaired) electrons. The Kier molecular flexibility index (Phi) is 7.65. The molecule has 0 aliphatic heterocycles. The third kappa shape index (κ3) is 4.72. The molecule has 0 heteroatoms. The van der Waals surface area contributed by atoms with E-state index in [1.54, 1.807) is 0 Å². The van der Waals surface area contributed by atoms with E-state index in [9.17, 15) is 0 Å². The molecule has 0 bridgehead atoms. The normalized spacial score (nSPS) is 26.9. The number of fused-ring (bicyclic) bond motifs is 3. The molecule has 2 aromatic rings. The fraction of sp³-hybridized carbons (Fsp3) is 0.442. The van der Waals surface area contributed by atoms with E-state index in [-0.39, 0.29) is 16.2 Å². The van der Waals surface area contributed by atoms with E-state index in [0.29, 0.717) is 5.92 Å². The van der Waals surface area contributed by atoms with Crippen molar-refractivity contribution in [3.8, 4) is 0 Å². The van der Waals surface area contributed by atoms with E-state index in [1.165, 1.54) is 78.0 Å². The van der Waals surface area contributed by atoms with E-state index in [1.807, 2.05) is 0 Å². The lowest BCUT2D eigenvalue weighted by atomic mass is 9.41. The van der Waals surface area contributed by atoms with Gasteiger partial charge in [0.1, 0.15) is 0 Å². The van der Waals surface area contributed by atoms with Crippen LogP contribution in [0.25, 0.3) is 5.57 Å². The van der Waals surface area contributed by atoms with E-state index < -0.39 is 0 Å². The fourth-order valence-corrected chi connectivity index (χ4v) is 9.71. The smallest absolute Gasteiger partial charge is 0.0194 e. The van der Waals surface area contributed by atoms with Gasteiger partial charge in [-0.25, -0.2) is 0 Å². The van der Waals surface area contributed by atoms with Crippen molar-refractivity contribution >= 4 is 5.57 Å². The molecule has 0 saturated heterocycles. The zero-order valence-corrected chi connectivity index (χ0v) is 28.8. The van der Waals surface area contributed by atoms with E-state index >= 15 is 0 Å². The van der Waals surface area contributed by atoms with Crippen LogP contribution in [0.15, 0.2) is 95.7 Å². The van der Waals surface area contributed by atoms with Gasteiger partial charge in [0.15, 0.2) is 0 Å². The standard InChI is InChI=1S/C43H54/c1-25(2)36-21-35(20-28(6)19-34-17-15-27(5)16-18-34)30(8)39-31(9)40-33(11)43(14)32(10)38(26(3)4)29(7)22-42(43,13)24-41(40,12)23-37(36)39/h15-18,21,25H,3,6,9-10,19-20,22-24H2,1-2,4-5,7-8,11-14H3/t41-,42+,43-/m1/s1. The number of benzene rings is 2. The van der Waals surface area contributed by atoms with Gasteiger partial charge in [-0.2, -0.15) is 0 Å². The first kappa shape index (κ1) is 31.3. The maximum atomic E-state index is 4.94. The average Bonchev–Trinajstić information content (AvgIpc) is 2.88. The lowest BCUT2D eigenvalue weighted by molar-refractivity contribution is 0.0543. The number of hydrogen-bond acceptors (Lipinski definition) is 0. The van der Waals surface area contributed by atoms with Crippen molar-refractivity contribution in [3.05, 3.63) is 135 Å². The molecule has 0 fully saturated rings. The Morgan fingerprint density at radius 2 is 1.53 bits per heavy atom. The average molecular weight is 571 g/mol. The van der Waals surface area contributed by atoms with Gasteiger partial charge in [-0.05, 0) is 139 Å². The molecule has 0 heterocycles. The highest BCUT2D eigenvalue weighted by Crippen LogP contribution is 2.70. The second-order valence-electron chi connectivity index (χ2n) is 15.5. The summed E-state index contributed by atoms with van der Waals surface area (Å²) >= 11 is 0. The number of hydrogen-bond donors (Lipinski definition) is 0. The first-order valence-electron chi connectivity index (χ1n) is 16.3. The Morgan fingerprint density at radius 1 is 0.907 bits per heavy atom. The van der Waals surface area contributed by atoms with Crippen LogP contribution in [0.1, 0.15) is 113 Å². The zero-order valence-electron chi connectivity index (χ0n) is 28.8. The fourth-order valence-electron chi connectivity index (χ4n) is 9.71.